The molecule has 2 amide bonds. The van der Waals surface area contributed by atoms with E-state index in [4.69, 9.17) is 9.47 Å². The summed E-state index contributed by atoms with van der Waals surface area (Å²) in [5.74, 6) is 1.37. The van der Waals surface area contributed by atoms with Crippen LogP contribution in [0, 0.1) is 6.92 Å². The van der Waals surface area contributed by atoms with Gasteiger partial charge in [-0.1, -0.05) is 24.3 Å². The van der Waals surface area contributed by atoms with E-state index in [1.807, 2.05) is 29.2 Å². The summed E-state index contributed by atoms with van der Waals surface area (Å²) < 4.78 is 10.9. The summed E-state index contributed by atoms with van der Waals surface area (Å²) in [5.41, 5.74) is 2.47. The lowest BCUT2D eigenvalue weighted by atomic mass is 10.2. The van der Waals surface area contributed by atoms with Crippen molar-refractivity contribution in [3.63, 3.8) is 0 Å². The van der Waals surface area contributed by atoms with Crippen molar-refractivity contribution >= 4 is 11.7 Å². The molecular formula is C21H27N3O3. The van der Waals surface area contributed by atoms with Gasteiger partial charge in [0.2, 0.25) is 0 Å². The summed E-state index contributed by atoms with van der Waals surface area (Å²) >= 11 is 0. The lowest BCUT2D eigenvalue weighted by Crippen LogP contribution is -2.52. The fraction of sp³-hybridized carbons (Fsp3) is 0.381. The van der Waals surface area contributed by atoms with Gasteiger partial charge in [-0.15, -0.1) is 0 Å². The molecule has 0 saturated carbocycles. The molecule has 1 saturated heterocycles. The van der Waals surface area contributed by atoms with E-state index in [9.17, 15) is 4.79 Å². The summed E-state index contributed by atoms with van der Waals surface area (Å²) in [7, 11) is 1.61. The van der Waals surface area contributed by atoms with Crippen LogP contribution in [-0.4, -0.2) is 57.4 Å². The van der Waals surface area contributed by atoms with Gasteiger partial charge in [-0.3, -0.25) is 0 Å². The number of amides is 2. The van der Waals surface area contributed by atoms with Gasteiger partial charge in [-0.2, -0.15) is 0 Å². The topological polar surface area (TPSA) is 54.0 Å². The van der Waals surface area contributed by atoms with Gasteiger partial charge < -0.3 is 24.6 Å². The summed E-state index contributed by atoms with van der Waals surface area (Å²) in [6.07, 6.45) is 0. The number of hydrogen-bond donors (Lipinski definition) is 1. The van der Waals surface area contributed by atoms with Crippen LogP contribution in [0.4, 0.5) is 10.5 Å². The Morgan fingerprint density at radius 3 is 2.48 bits per heavy atom. The fourth-order valence-electron chi connectivity index (χ4n) is 3.16. The minimum absolute atomic E-state index is 0.0393. The molecule has 0 radical (unpaired) electrons. The number of carbonyl (C=O) groups is 1. The number of carbonyl (C=O) groups excluding carboxylic acids is 1. The van der Waals surface area contributed by atoms with Gasteiger partial charge in [0.15, 0.2) is 11.5 Å². The largest absolute Gasteiger partial charge is 0.493 e. The average molecular weight is 369 g/mol. The zero-order chi connectivity index (χ0) is 19.1. The summed E-state index contributed by atoms with van der Waals surface area (Å²) in [6, 6.07) is 15.9. The van der Waals surface area contributed by atoms with Crippen molar-refractivity contribution in [3.05, 3.63) is 54.1 Å². The number of methoxy groups -OCH3 is 1. The molecule has 6 nitrogen and oxygen atoms in total. The predicted molar refractivity (Wildman–Crippen MR) is 107 cm³/mol. The highest BCUT2D eigenvalue weighted by Gasteiger charge is 2.21. The molecule has 3 rings (SSSR count). The SMILES string of the molecule is COc1ccccc1OCCNC(=O)N1CCN(c2cccc(C)c2)CC1. The molecule has 0 atom stereocenters. The van der Waals surface area contributed by atoms with E-state index in [1.165, 1.54) is 11.3 Å². The molecule has 1 aliphatic heterocycles. The number of nitrogens with zero attached hydrogens (tertiary/aromatic N) is 2. The van der Waals surface area contributed by atoms with Crippen molar-refractivity contribution < 1.29 is 14.3 Å². The van der Waals surface area contributed by atoms with Crippen molar-refractivity contribution in [2.24, 2.45) is 0 Å². The van der Waals surface area contributed by atoms with Gasteiger partial charge in [0, 0.05) is 31.9 Å². The molecule has 6 heteroatoms. The molecule has 1 heterocycles. The Kier molecular flexibility index (Phi) is 6.41. The van der Waals surface area contributed by atoms with Crippen LogP contribution in [0.3, 0.4) is 0 Å². The second-order valence-corrected chi connectivity index (χ2v) is 6.54. The maximum absolute atomic E-state index is 12.3. The van der Waals surface area contributed by atoms with Crippen LogP contribution in [0.5, 0.6) is 11.5 Å². The second-order valence-electron chi connectivity index (χ2n) is 6.54. The van der Waals surface area contributed by atoms with E-state index >= 15 is 0 Å². The van der Waals surface area contributed by atoms with Crippen molar-refractivity contribution in [1.29, 1.82) is 0 Å². The number of rotatable bonds is 6. The van der Waals surface area contributed by atoms with E-state index in [0.717, 1.165) is 13.1 Å². The first-order valence-corrected chi connectivity index (χ1v) is 9.27. The molecule has 144 valence electrons. The molecule has 27 heavy (non-hydrogen) atoms. The highest BCUT2D eigenvalue weighted by Crippen LogP contribution is 2.25. The van der Waals surface area contributed by atoms with Gasteiger partial charge in [-0.05, 0) is 36.8 Å². The number of piperazine rings is 1. The van der Waals surface area contributed by atoms with Crippen LogP contribution in [0.2, 0.25) is 0 Å². The van der Waals surface area contributed by atoms with E-state index in [0.29, 0.717) is 37.7 Å². The maximum atomic E-state index is 12.3. The lowest BCUT2D eigenvalue weighted by Gasteiger charge is -2.36. The summed E-state index contributed by atoms with van der Waals surface area (Å²) in [6.45, 7) is 6.06. The highest BCUT2D eigenvalue weighted by molar-refractivity contribution is 5.74. The minimum atomic E-state index is -0.0393. The number of urea groups is 1. The van der Waals surface area contributed by atoms with E-state index in [1.54, 1.807) is 7.11 Å². The Balaban J connectivity index is 1.39. The Bertz CT molecular complexity index is 758. The number of anilines is 1. The first kappa shape index (κ1) is 18.9. The Morgan fingerprint density at radius 1 is 1.04 bits per heavy atom. The number of aryl methyl sites for hydroxylation is 1. The normalized spacial score (nSPS) is 14.0. The number of para-hydroxylation sites is 2. The Morgan fingerprint density at radius 2 is 1.78 bits per heavy atom. The van der Waals surface area contributed by atoms with Crippen LogP contribution in [0.1, 0.15) is 5.56 Å². The maximum Gasteiger partial charge on any atom is 0.317 e. The molecule has 0 bridgehead atoms. The number of ether oxygens (including phenoxy) is 2. The molecule has 1 fully saturated rings. The molecule has 1 aliphatic rings. The third-order valence-electron chi connectivity index (χ3n) is 4.64. The van der Waals surface area contributed by atoms with Crippen LogP contribution >= 0.6 is 0 Å². The monoisotopic (exact) mass is 369 g/mol. The van der Waals surface area contributed by atoms with Crippen molar-refractivity contribution in [2.45, 2.75) is 6.92 Å². The number of benzene rings is 2. The quantitative estimate of drug-likeness (QED) is 0.796. The molecule has 2 aromatic rings. The average Bonchev–Trinajstić information content (AvgIpc) is 2.71. The highest BCUT2D eigenvalue weighted by atomic mass is 16.5. The fourth-order valence-corrected chi connectivity index (χ4v) is 3.16. The van der Waals surface area contributed by atoms with Crippen molar-refractivity contribution in [1.82, 2.24) is 10.2 Å². The molecule has 0 unspecified atom stereocenters. The number of hydrogen-bond acceptors (Lipinski definition) is 4. The van der Waals surface area contributed by atoms with E-state index in [2.05, 4.69) is 41.4 Å². The standard InChI is InChI=1S/C21H27N3O3/c1-17-6-5-7-18(16-17)23-11-13-24(14-12-23)21(25)22-10-15-27-20-9-4-3-8-19(20)26-2/h3-9,16H,10-15H2,1-2H3,(H,22,25). The Labute approximate surface area is 160 Å². The molecule has 0 aliphatic carbocycles. The molecular weight excluding hydrogens is 342 g/mol. The smallest absolute Gasteiger partial charge is 0.317 e. The van der Waals surface area contributed by atoms with Crippen LogP contribution in [0.15, 0.2) is 48.5 Å². The van der Waals surface area contributed by atoms with E-state index in [-0.39, 0.29) is 6.03 Å². The lowest BCUT2D eigenvalue weighted by molar-refractivity contribution is 0.191. The van der Waals surface area contributed by atoms with Gasteiger partial charge in [-0.25, -0.2) is 4.79 Å². The van der Waals surface area contributed by atoms with Gasteiger partial charge in [0.05, 0.1) is 13.7 Å². The van der Waals surface area contributed by atoms with Gasteiger partial charge >= 0.3 is 6.03 Å². The van der Waals surface area contributed by atoms with Gasteiger partial charge in [0.1, 0.15) is 6.61 Å². The van der Waals surface area contributed by atoms with Crippen molar-refractivity contribution in [3.8, 4) is 11.5 Å². The second kappa shape index (κ2) is 9.16. The summed E-state index contributed by atoms with van der Waals surface area (Å²) in [4.78, 5) is 16.5. The first-order valence-electron chi connectivity index (χ1n) is 9.27. The van der Waals surface area contributed by atoms with Crippen molar-refractivity contribution in [2.75, 3.05) is 51.3 Å². The van der Waals surface area contributed by atoms with E-state index < -0.39 is 0 Å². The first-order chi connectivity index (χ1) is 13.2. The summed E-state index contributed by atoms with van der Waals surface area (Å²) in [5, 5.41) is 2.93. The minimum Gasteiger partial charge on any atom is -0.493 e. The molecule has 0 spiro atoms. The third-order valence-corrected chi connectivity index (χ3v) is 4.64. The van der Waals surface area contributed by atoms with Gasteiger partial charge in [0.25, 0.3) is 0 Å². The number of nitrogens with one attached hydrogen (secondary N) is 1. The Hall–Kier alpha value is -2.89. The zero-order valence-electron chi connectivity index (χ0n) is 16.0. The van der Waals surface area contributed by atoms with Crippen LogP contribution in [-0.2, 0) is 0 Å². The predicted octanol–water partition coefficient (Wildman–Crippen LogP) is 2.91. The molecule has 1 N–H and O–H groups in total. The zero-order valence-corrected chi connectivity index (χ0v) is 16.0. The molecule has 2 aromatic carbocycles. The van der Waals surface area contributed by atoms with Crippen LogP contribution < -0.4 is 19.7 Å². The third kappa shape index (κ3) is 5.06. The van der Waals surface area contributed by atoms with Crippen LogP contribution in [0.25, 0.3) is 0 Å². The molecule has 0 aromatic heterocycles.